The quantitative estimate of drug-likeness (QED) is 0.579. The molecule has 0 aliphatic carbocycles. The number of likely N-dealkylation sites (tertiary alicyclic amines) is 1. The molecule has 0 saturated carbocycles. The molecule has 0 spiro atoms. The van der Waals surface area contributed by atoms with E-state index in [0.717, 1.165) is 28.0 Å². The van der Waals surface area contributed by atoms with Crippen molar-refractivity contribution >= 4 is 33.9 Å². The molecule has 0 bridgehead atoms. The highest BCUT2D eigenvalue weighted by molar-refractivity contribution is 6.00. The van der Waals surface area contributed by atoms with E-state index in [0.29, 0.717) is 30.1 Å². The third-order valence-electron chi connectivity index (χ3n) is 5.28. The van der Waals surface area contributed by atoms with Gasteiger partial charge in [0.2, 0.25) is 0 Å². The first kappa shape index (κ1) is 17.3. The van der Waals surface area contributed by atoms with Gasteiger partial charge in [0.05, 0.1) is 28.8 Å². The molecule has 1 fully saturated rings. The van der Waals surface area contributed by atoms with Gasteiger partial charge in [-0.3, -0.25) is 4.79 Å². The van der Waals surface area contributed by atoms with E-state index in [-0.39, 0.29) is 11.8 Å². The van der Waals surface area contributed by atoms with Crippen molar-refractivity contribution in [3.8, 4) is 6.07 Å². The number of oxazole rings is 1. The lowest BCUT2D eigenvalue weighted by Gasteiger charge is -2.35. The van der Waals surface area contributed by atoms with Gasteiger partial charge in [0.15, 0.2) is 11.5 Å². The highest BCUT2D eigenvalue weighted by Gasteiger charge is 2.32. The van der Waals surface area contributed by atoms with Crippen molar-refractivity contribution in [2.24, 2.45) is 5.92 Å². The van der Waals surface area contributed by atoms with E-state index in [2.05, 4.69) is 21.5 Å². The summed E-state index contributed by atoms with van der Waals surface area (Å²) >= 11 is 0. The molecule has 1 aliphatic heterocycles. The minimum atomic E-state index is -0.0683. The molecule has 144 valence electrons. The number of aryl methyl sites for hydroxylation is 2. The number of anilines is 2. The number of aromatic nitrogens is 3. The highest BCUT2D eigenvalue weighted by Crippen LogP contribution is 2.30. The zero-order valence-corrected chi connectivity index (χ0v) is 16.0. The van der Waals surface area contributed by atoms with Gasteiger partial charge in [-0.2, -0.15) is 10.4 Å². The number of hydrogen-bond donors (Lipinski definition) is 1. The molecule has 4 heterocycles. The molecule has 1 N–H and O–H groups in total. The smallest absolute Gasteiger partial charge is 0.255 e. The Morgan fingerprint density at radius 3 is 2.93 bits per heavy atom. The largest absolute Gasteiger partial charge is 0.441 e. The van der Waals surface area contributed by atoms with Crippen molar-refractivity contribution in [1.82, 2.24) is 19.5 Å². The van der Waals surface area contributed by atoms with Crippen LogP contribution >= 0.6 is 0 Å². The summed E-state index contributed by atoms with van der Waals surface area (Å²) in [4.78, 5) is 18.8. The number of fused-ring (bicyclic) bond motifs is 2. The van der Waals surface area contributed by atoms with Crippen LogP contribution in [0, 0.1) is 31.1 Å². The zero-order chi connectivity index (χ0) is 20.1. The second kappa shape index (κ2) is 6.34. The lowest BCUT2D eigenvalue weighted by atomic mass is 10.0. The van der Waals surface area contributed by atoms with E-state index < -0.39 is 0 Å². The first-order chi connectivity index (χ1) is 14.0. The number of rotatable bonds is 3. The maximum atomic E-state index is 12.8. The van der Waals surface area contributed by atoms with Crippen LogP contribution in [-0.4, -0.2) is 38.5 Å². The fourth-order valence-corrected chi connectivity index (χ4v) is 3.74. The number of hydrogen-bond acceptors (Lipinski definition) is 6. The third-order valence-corrected chi connectivity index (χ3v) is 5.28. The SMILES string of the molecule is Cc1nc2ccc(Nc3ccnn4cc(C(=O)N5CC(C#N)C5)c(C)c34)cc2o1. The Bertz CT molecular complexity index is 1310. The molecule has 1 aromatic carbocycles. The van der Waals surface area contributed by atoms with Crippen LogP contribution in [0.5, 0.6) is 0 Å². The number of benzene rings is 1. The normalized spacial score (nSPS) is 14.2. The number of nitrogens with one attached hydrogen (secondary N) is 1. The van der Waals surface area contributed by atoms with Crippen LogP contribution in [-0.2, 0) is 0 Å². The maximum absolute atomic E-state index is 12.8. The van der Waals surface area contributed by atoms with Gasteiger partial charge in [-0.25, -0.2) is 9.50 Å². The Hall–Kier alpha value is -3.86. The summed E-state index contributed by atoms with van der Waals surface area (Å²) < 4.78 is 7.33. The van der Waals surface area contributed by atoms with Crippen LogP contribution in [0.2, 0.25) is 0 Å². The summed E-state index contributed by atoms with van der Waals surface area (Å²) in [7, 11) is 0. The molecule has 0 atom stereocenters. The molecule has 8 heteroatoms. The Labute approximate surface area is 166 Å². The molecule has 1 amide bonds. The summed E-state index contributed by atoms with van der Waals surface area (Å²) in [6.45, 7) is 4.70. The Morgan fingerprint density at radius 2 is 2.14 bits per heavy atom. The van der Waals surface area contributed by atoms with Crippen molar-refractivity contribution in [1.29, 1.82) is 5.26 Å². The van der Waals surface area contributed by atoms with Crippen LogP contribution in [0.15, 0.2) is 41.1 Å². The van der Waals surface area contributed by atoms with Gasteiger partial charge in [-0.1, -0.05) is 0 Å². The van der Waals surface area contributed by atoms with E-state index >= 15 is 0 Å². The first-order valence-corrected chi connectivity index (χ1v) is 9.33. The molecule has 0 unspecified atom stereocenters. The first-order valence-electron chi connectivity index (χ1n) is 9.33. The van der Waals surface area contributed by atoms with Crippen molar-refractivity contribution < 1.29 is 9.21 Å². The van der Waals surface area contributed by atoms with Gasteiger partial charge in [0.1, 0.15) is 5.52 Å². The maximum Gasteiger partial charge on any atom is 0.255 e. The summed E-state index contributed by atoms with van der Waals surface area (Å²) in [6.07, 6.45) is 3.44. The Balaban J connectivity index is 1.50. The average molecular weight is 386 g/mol. The topological polar surface area (TPSA) is 99.5 Å². The van der Waals surface area contributed by atoms with Crippen LogP contribution in [0.3, 0.4) is 0 Å². The van der Waals surface area contributed by atoms with E-state index in [1.54, 1.807) is 21.8 Å². The molecular formula is C21H18N6O2. The number of nitriles is 1. The average Bonchev–Trinajstić information content (AvgIpc) is 3.20. The van der Waals surface area contributed by atoms with Gasteiger partial charge in [0, 0.05) is 44.2 Å². The summed E-state index contributed by atoms with van der Waals surface area (Å²) in [5.74, 6) is 0.490. The molecule has 1 saturated heterocycles. The molecule has 3 aromatic heterocycles. The molecule has 8 nitrogen and oxygen atoms in total. The van der Waals surface area contributed by atoms with Crippen molar-refractivity contribution in [3.63, 3.8) is 0 Å². The minimum absolute atomic E-state index is 0.0657. The standard InChI is InChI=1S/C21H18N6O2/c1-12-16(21(28)26-9-14(8-22)10-26)11-27-20(12)18(5-6-23-27)25-15-3-4-17-19(7-15)29-13(2)24-17/h3-7,11,14,25H,9-10H2,1-2H3. The molecule has 4 aromatic rings. The molecule has 1 aliphatic rings. The lowest BCUT2D eigenvalue weighted by molar-refractivity contribution is 0.0576. The van der Waals surface area contributed by atoms with Crippen LogP contribution in [0.4, 0.5) is 11.4 Å². The predicted octanol–water partition coefficient (Wildman–Crippen LogP) is 3.43. The van der Waals surface area contributed by atoms with Gasteiger partial charge in [0.25, 0.3) is 5.91 Å². The lowest BCUT2D eigenvalue weighted by Crippen LogP contribution is -2.49. The second-order valence-electron chi connectivity index (χ2n) is 7.28. The third kappa shape index (κ3) is 2.79. The van der Waals surface area contributed by atoms with E-state index in [1.165, 1.54) is 0 Å². The Morgan fingerprint density at radius 1 is 1.31 bits per heavy atom. The van der Waals surface area contributed by atoms with Crippen LogP contribution < -0.4 is 5.32 Å². The number of nitrogens with zero attached hydrogens (tertiary/aromatic N) is 5. The summed E-state index contributed by atoms with van der Waals surface area (Å²) in [5.41, 5.74) is 5.50. The van der Waals surface area contributed by atoms with Crippen LogP contribution in [0.25, 0.3) is 16.6 Å². The summed E-state index contributed by atoms with van der Waals surface area (Å²) in [6, 6.07) is 9.82. The van der Waals surface area contributed by atoms with Gasteiger partial charge in [-0.05, 0) is 30.7 Å². The van der Waals surface area contributed by atoms with Gasteiger partial charge >= 0.3 is 0 Å². The summed E-state index contributed by atoms with van der Waals surface area (Å²) in [5, 5.41) is 16.7. The fraction of sp³-hybridized carbons (Fsp3) is 0.238. The van der Waals surface area contributed by atoms with E-state index in [1.807, 2.05) is 38.1 Å². The van der Waals surface area contributed by atoms with Crippen molar-refractivity contribution in [2.45, 2.75) is 13.8 Å². The number of carbonyl (C=O) groups excluding carboxylic acids is 1. The van der Waals surface area contributed by atoms with Gasteiger partial charge in [-0.15, -0.1) is 0 Å². The van der Waals surface area contributed by atoms with E-state index in [9.17, 15) is 4.79 Å². The molecule has 29 heavy (non-hydrogen) atoms. The van der Waals surface area contributed by atoms with Crippen LogP contribution in [0.1, 0.15) is 21.8 Å². The minimum Gasteiger partial charge on any atom is -0.441 e. The van der Waals surface area contributed by atoms with E-state index in [4.69, 9.17) is 9.68 Å². The molecule has 0 radical (unpaired) electrons. The predicted molar refractivity (Wildman–Crippen MR) is 107 cm³/mol. The van der Waals surface area contributed by atoms with Gasteiger partial charge < -0.3 is 14.6 Å². The fourth-order valence-electron chi connectivity index (χ4n) is 3.74. The highest BCUT2D eigenvalue weighted by atomic mass is 16.3. The Kier molecular flexibility index (Phi) is 3.77. The second-order valence-corrected chi connectivity index (χ2v) is 7.28. The zero-order valence-electron chi connectivity index (χ0n) is 16.0. The number of carbonyl (C=O) groups is 1. The molecule has 5 rings (SSSR count). The monoisotopic (exact) mass is 386 g/mol. The molecular weight excluding hydrogens is 368 g/mol. The van der Waals surface area contributed by atoms with Crippen molar-refractivity contribution in [3.05, 3.63) is 53.7 Å². The van der Waals surface area contributed by atoms with Crippen molar-refractivity contribution in [2.75, 3.05) is 18.4 Å². The number of amides is 1.